The van der Waals surface area contributed by atoms with Gasteiger partial charge >= 0.3 is 0 Å². The van der Waals surface area contributed by atoms with E-state index in [4.69, 9.17) is 10.00 Å². The molecule has 3 nitrogen and oxygen atoms in total. The lowest BCUT2D eigenvalue weighted by Crippen LogP contribution is -2.17. The van der Waals surface area contributed by atoms with Crippen molar-refractivity contribution in [2.45, 2.75) is 13.0 Å². The first-order valence-corrected chi connectivity index (χ1v) is 6.82. The van der Waals surface area contributed by atoms with E-state index in [1.54, 1.807) is 12.1 Å². The van der Waals surface area contributed by atoms with Gasteiger partial charge in [-0.25, -0.2) is 4.39 Å². The molecule has 2 rings (SSSR count). The lowest BCUT2D eigenvalue weighted by Gasteiger charge is -2.07. The Morgan fingerprint density at radius 1 is 1.14 bits per heavy atom. The average molecular weight is 284 g/mol. The van der Waals surface area contributed by atoms with Crippen molar-refractivity contribution in [1.29, 1.82) is 5.26 Å². The fraction of sp³-hybridized carbons (Fsp3) is 0.235. The minimum absolute atomic E-state index is 0.0458. The molecule has 0 bridgehead atoms. The quantitative estimate of drug-likeness (QED) is 0.795. The first kappa shape index (κ1) is 15.0. The van der Waals surface area contributed by atoms with Gasteiger partial charge in [0.15, 0.2) is 6.61 Å². The summed E-state index contributed by atoms with van der Waals surface area (Å²) in [5.74, 6) is 0.524. The summed E-state index contributed by atoms with van der Waals surface area (Å²) in [7, 11) is 0. The van der Waals surface area contributed by atoms with Gasteiger partial charge in [0.1, 0.15) is 17.6 Å². The molecule has 1 N–H and O–H groups in total. The second kappa shape index (κ2) is 8.03. The predicted octanol–water partition coefficient (Wildman–Crippen LogP) is 3.06. The lowest BCUT2D eigenvalue weighted by atomic mass is 10.1. The smallest absolute Gasteiger partial charge is 0.174 e. The predicted molar refractivity (Wildman–Crippen MR) is 79.4 cm³/mol. The van der Waals surface area contributed by atoms with Crippen molar-refractivity contribution in [1.82, 2.24) is 5.32 Å². The van der Waals surface area contributed by atoms with E-state index in [-0.39, 0.29) is 12.4 Å². The maximum atomic E-state index is 13.4. The van der Waals surface area contributed by atoms with Crippen LogP contribution in [0.25, 0.3) is 0 Å². The van der Waals surface area contributed by atoms with Crippen LogP contribution >= 0.6 is 0 Å². The van der Waals surface area contributed by atoms with Crippen LogP contribution in [0.5, 0.6) is 5.75 Å². The standard InChI is InChI=1S/C17H17FN2O/c18-17-7-2-1-5-15(17)8-10-20-13-14-4-3-6-16(12-14)21-11-9-19/h1-7,12,20H,8,10-11,13H2. The molecule has 0 fully saturated rings. The third-order valence-electron chi connectivity index (χ3n) is 3.06. The third-order valence-corrected chi connectivity index (χ3v) is 3.06. The van der Waals surface area contributed by atoms with E-state index < -0.39 is 0 Å². The molecule has 0 aliphatic heterocycles. The van der Waals surface area contributed by atoms with Gasteiger partial charge in [-0.1, -0.05) is 30.3 Å². The fourth-order valence-electron chi connectivity index (χ4n) is 2.02. The Kier molecular flexibility index (Phi) is 5.74. The highest BCUT2D eigenvalue weighted by Crippen LogP contribution is 2.13. The zero-order chi connectivity index (χ0) is 14.9. The number of halogens is 1. The van der Waals surface area contributed by atoms with Crippen LogP contribution in [0.3, 0.4) is 0 Å². The van der Waals surface area contributed by atoms with Crippen molar-refractivity contribution >= 4 is 0 Å². The van der Waals surface area contributed by atoms with Crippen LogP contribution in [0, 0.1) is 17.1 Å². The van der Waals surface area contributed by atoms with Gasteiger partial charge in [0.2, 0.25) is 0 Å². The largest absolute Gasteiger partial charge is 0.479 e. The van der Waals surface area contributed by atoms with Gasteiger partial charge in [0.25, 0.3) is 0 Å². The van der Waals surface area contributed by atoms with Gasteiger partial charge in [-0.2, -0.15) is 5.26 Å². The van der Waals surface area contributed by atoms with Crippen LogP contribution < -0.4 is 10.1 Å². The highest BCUT2D eigenvalue weighted by molar-refractivity contribution is 5.28. The highest BCUT2D eigenvalue weighted by Gasteiger charge is 2.00. The molecule has 0 heterocycles. The molecule has 2 aromatic rings. The van der Waals surface area contributed by atoms with Gasteiger partial charge in [-0.15, -0.1) is 0 Å². The summed E-state index contributed by atoms with van der Waals surface area (Å²) in [6.45, 7) is 1.42. The number of benzene rings is 2. The third kappa shape index (κ3) is 4.90. The topological polar surface area (TPSA) is 45.0 Å². The van der Waals surface area contributed by atoms with Crippen molar-refractivity contribution in [3.63, 3.8) is 0 Å². The maximum Gasteiger partial charge on any atom is 0.174 e. The molecule has 2 aromatic carbocycles. The van der Waals surface area contributed by atoms with Gasteiger partial charge in [0, 0.05) is 6.54 Å². The molecule has 0 saturated carbocycles. The summed E-state index contributed by atoms with van der Waals surface area (Å²) in [6, 6.07) is 16.3. The van der Waals surface area contributed by atoms with E-state index in [9.17, 15) is 4.39 Å². The van der Waals surface area contributed by atoms with Crippen molar-refractivity contribution in [3.05, 3.63) is 65.5 Å². The van der Waals surface area contributed by atoms with E-state index in [2.05, 4.69) is 5.32 Å². The molecule has 0 radical (unpaired) electrons. The number of rotatable bonds is 7. The molecule has 0 aromatic heterocycles. The van der Waals surface area contributed by atoms with Crippen molar-refractivity contribution in [2.75, 3.05) is 13.2 Å². The Morgan fingerprint density at radius 3 is 2.81 bits per heavy atom. The Labute approximate surface area is 124 Å². The molecule has 0 aliphatic rings. The number of nitrogens with one attached hydrogen (secondary N) is 1. The molecule has 4 heteroatoms. The van der Waals surface area contributed by atoms with Crippen LogP contribution in [0.1, 0.15) is 11.1 Å². The molecular weight excluding hydrogens is 267 g/mol. The van der Waals surface area contributed by atoms with E-state index in [1.165, 1.54) is 6.07 Å². The van der Waals surface area contributed by atoms with Crippen molar-refractivity contribution < 1.29 is 9.13 Å². The highest BCUT2D eigenvalue weighted by atomic mass is 19.1. The molecule has 0 saturated heterocycles. The summed E-state index contributed by atoms with van der Waals surface area (Å²) in [4.78, 5) is 0. The number of hydrogen-bond acceptors (Lipinski definition) is 3. The number of nitriles is 1. The van der Waals surface area contributed by atoms with Crippen molar-refractivity contribution in [2.24, 2.45) is 0 Å². The first-order valence-electron chi connectivity index (χ1n) is 6.82. The molecule has 108 valence electrons. The van der Waals surface area contributed by atoms with E-state index in [0.717, 1.165) is 11.1 Å². The second-order valence-corrected chi connectivity index (χ2v) is 4.61. The SMILES string of the molecule is N#CCOc1cccc(CNCCc2ccccc2F)c1. The minimum atomic E-state index is -0.161. The molecule has 21 heavy (non-hydrogen) atoms. The monoisotopic (exact) mass is 284 g/mol. The van der Waals surface area contributed by atoms with Crippen LogP contribution in [-0.2, 0) is 13.0 Å². The van der Waals surface area contributed by atoms with E-state index in [0.29, 0.717) is 25.3 Å². The number of ether oxygens (including phenoxy) is 1. The summed E-state index contributed by atoms with van der Waals surface area (Å²) in [5, 5.41) is 11.8. The first-order chi connectivity index (χ1) is 10.3. The molecule has 0 amide bonds. The summed E-state index contributed by atoms with van der Waals surface area (Å²) in [6.07, 6.45) is 0.650. The molecule has 0 aliphatic carbocycles. The van der Waals surface area contributed by atoms with Gasteiger partial charge in [-0.05, 0) is 42.3 Å². The van der Waals surface area contributed by atoms with E-state index >= 15 is 0 Å². The average Bonchev–Trinajstić information content (AvgIpc) is 2.51. The Hall–Kier alpha value is -2.38. The van der Waals surface area contributed by atoms with Crippen LogP contribution in [0.4, 0.5) is 4.39 Å². The Morgan fingerprint density at radius 2 is 2.00 bits per heavy atom. The lowest BCUT2D eigenvalue weighted by molar-refractivity contribution is 0.367. The molecule has 0 unspecified atom stereocenters. The summed E-state index contributed by atoms with van der Waals surface area (Å²) < 4.78 is 18.7. The summed E-state index contributed by atoms with van der Waals surface area (Å²) in [5.41, 5.74) is 1.79. The zero-order valence-corrected chi connectivity index (χ0v) is 11.7. The van der Waals surface area contributed by atoms with Gasteiger partial charge in [-0.3, -0.25) is 0 Å². The Bertz CT molecular complexity index is 622. The maximum absolute atomic E-state index is 13.4. The molecular formula is C17H17FN2O. The second-order valence-electron chi connectivity index (χ2n) is 4.61. The normalized spacial score (nSPS) is 10.1. The van der Waals surface area contributed by atoms with Crippen LogP contribution in [0.15, 0.2) is 48.5 Å². The number of nitrogens with zero attached hydrogens (tertiary/aromatic N) is 1. The minimum Gasteiger partial charge on any atom is -0.479 e. The van der Waals surface area contributed by atoms with E-state index in [1.807, 2.05) is 36.4 Å². The summed E-state index contributed by atoms with van der Waals surface area (Å²) >= 11 is 0. The fourth-order valence-corrected chi connectivity index (χ4v) is 2.02. The Balaban J connectivity index is 1.78. The van der Waals surface area contributed by atoms with Gasteiger partial charge in [0.05, 0.1) is 0 Å². The zero-order valence-electron chi connectivity index (χ0n) is 11.7. The molecule has 0 atom stereocenters. The van der Waals surface area contributed by atoms with Gasteiger partial charge < -0.3 is 10.1 Å². The molecule has 0 spiro atoms. The van der Waals surface area contributed by atoms with Crippen LogP contribution in [0.2, 0.25) is 0 Å². The van der Waals surface area contributed by atoms with Crippen molar-refractivity contribution in [3.8, 4) is 11.8 Å². The number of hydrogen-bond donors (Lipinski definition) is 1. The van der Waals surface area contributed by atoms with Crippen LogP contribution in [-0.4, -0.2) is 13.2 Å².